The average Bonchev–Trinajstić information content (AvgIpc) is 3.26. The molecule has 1 unspecified atom stereocenters. The zero-order valence-corrected chi connectivity index (χ0v) is 20.0. The molecule has 0 saturated carbocycles. The maximum Gasteiger partial charge on any atom is 0.418 e. The molecule has 1 aromatic carbocycles. The molecule has 1 aromatic heterocycles. The number of halogens is 1. The van der Waals surface area contributed by atoms with Crippen LogP contribution < -0.4 is 0 Å². The summed E-state index contributed by atoms with van der Waals surface area (Å²) in [5, 5.41) is 7.85. The van der Waals surface area contributed by atoms with Crippen LogP contribution in [0.15, 0.2) is 29.4 Å². The van der Waals surface area contributed by atoms with Crippen molar-refractivity contribution in [3.8, 4) is 11.4 Å². The summed E-state index contributed by atoms with van der Waals surface area (Å²) in [5.41, 5.74) is -0.795. The number of nitrogens with zero attached hydrogens (tertiary/aromatic N) is 2. The van der Waals surface area contributed by atoms with Crippen LogP contribution in [0.1, 0.15) is 39.5 Å². The summed E-state index contributed by atoms with van der Waals surface area (Å²) < 4.78 is 15.9. The molecule has 33 heavy (non-hydrogen) atoms. The van der Waals surface area contributed by atoms with Crippen LogP contribution in [0.25, 0.3) is 11.4 Å². The van der Waals surface area contributed by atoms with Crippen LogP contribution >= 0.6 is 23.4 Å². The molecule has 0 spiro atoms. The smallest absolute Gasteiger partial charge is 0.418 e. The normalized spacial score (nSPS) is 21.1. The van der Waals surface area contributed by atoms with Crippen molar-refractivity contribution in [1.29, 1.82) is 0 Å². The van der Waals surface area contributed by atoms with Crippen molar-refractivity contribution in [3.63, 3.8) is 0 Å². The SMILES string of the molecule is CCCCOCC1CC[C@@](C)(C(=O)CSc2nc(-c3ccccc3Cl)n[nH]2)OC(=O)C(=O)O1. The van der Waals surface area contributed by atoms with Gasteiger partial charge < -0.3 is 14.2 Å². The second-order valence-electron chi connectivity index (χ2n) is 7.77. The number of carbonyl (C=O) groups is 3. The Morgan fingerprint density at radius 2 is 2.12 bits per heavy atom. The highest BCUT2D eigenvalue weighted by molar-refractivity contribution is 7.99. The van der Waals surface area contributed by atoms with Gasteiger partial charge in [0, 0.05) is 12.2 Å². The Bertz CT molecular complexity index is 1000. The summed E-state index contributed by atoms with van der Waals surface area (Å²) in [6, 6.07) is 7.16. The topological polar surface area (TPSA) is 120 Å². The summed E-state index contributed by atoms with van der Waals surface area (Å²) in [7, 11) is 0. The third-order valence-corrected chi connectivity index (χ3v) is 6.35. The molecule has 3 rings (SSSR count). The minimum absolute atomic E-state index is 0.0341. The molecule has 1 aliphatic rings. The lowest BCUT2D eigenvalue weighted by Gasteiger charge is -2.31. The lowest BCUT2D eigenvalue weighted by Crippen LogP contribution is -2.47. The van der Waals surface area contributed by atoms with E-state index in [1.807, 2.05) is 13.0 Å². The monoisotopic (exact) mass is 495 g/mol. The van der Waals surface area contributed by atoms with Gasteiger partial charge in [-0.2, -0.15) is 5.10 Å². The van der Waals surface area contributed by atoms with Crippen molar-refractivity contribution in [1.82, 2.24) is 15.2 Å². The first kappa shape index (κ1) is 25.2. The molecule has 2 atom stereocenters. The Labute approximate surface area is 200 Å². The van der Waals surface area contributed by atoms with E-state index in [9.17, 15) is 14.4 Å². The van der Waals surface area contributed by atoms with Gasteiger partial charge in [0.1, 0.15) is 6.10 Å². The fourth-order valence-corrected chi connectivity index (χ4v) is 4.18. The Morgan fingerprint density at radius 3 is 2.88 bits per heavy atom. The molecule has 2 aromatic rings. The summed E-state index contributed by atoms with van der Waals surface area (Å²) in [6.45, 7) is 4.26. The van der Waals surface area contributed by atoms with Crippen LogP contribution in [0.5, 0.6) is 0 Å². The van der Waals surface area contributed by atoms with Gasteiger partial charge in [0.15, 0.2) is 22.4 Å². The summed E-state index contributed by atoms with van der Waals surface area (Å²) in [4.78, 5) is 41.5. The summed E-state index contributed by atoms with van der Waals surface area (Å²) >= 11 is 7.30. The molecule has 11 heteroatoms. The third kappa shape index (κ3) is 6.78. The lowest BCUT2D eigenvalue weighted by molar-refractivity contribution is -0.188. The average molecular weight is 496 g/mol. The minimum Gasteiger partial charge on any atom is -0.452 e. The Morgan fingerprint density at radius 1 is 1.33 bits per heavy atom. The van der Waals surface area contributed by atoms with Gasteiger partial charge in [-0.1, -0.05) is 48.8 Å². The van der Waals surface area contributed by atoms with Gasteiger partial charge in [-0.25, -0.2) is 14.6 Å². The number of aromatic amines is 1. The third-order valence-electron chi connectivity index (χ3n) is 5.16. The van der Waals surface area contributed by atoms with Crippen molar-refractivity contribution in [2.24, 2.45) is 0 Å². The quantitative estimate of drug-likeness (QED) is 0.228. The van der Waals surface area contributed by atoms with Gasteiger partial charge in [0.25, 0.3) is 0 Å². The number of nitrogens with one attached hydrogen (secondary N) is 1. The number of ketones is 1. The number of Topliss-reactive ketones (excluding diaryl/α,β-unsaturated/α-hetero) is 1. The van der Waals surface area contributed by atoms with Gasteiger partial charge in [0.05, 0.1) is 17.4 Å². The molecule has 1 N–H and O–H groups in total. The Balaban J connectivity index is 1.61. The van der Waals surface area contributed by atoms with Crippen molar-refractivity contribution in [3.05, 3.63) is 29.3 Å². The number of rotatable bonds is 10. The molecule has 178 valence electrons. The van der Waals surface area contributed by atoms with E-state index in [2.05, 4.69) is 15.2 Å². The van der Waals surface area contributed by atoms with Crippen LogP contribution in [-0.4, -0.2) is 63.6 Å². The molecule has 1 saturated heterocycles. The van der Waals surface area contributed by atoms with Gasteiger partial charge >= 0.3 is 11.9 Å². The molecule has 0 bridgehead atoms. The van der Waals surface area contributed by atoms with Gasteiger partial charge in [-0.15, -0.1) is 0 Å². The first-order chi connectivity index (χ1) is 15.8. The minimum atomic E-state index is -1.46. The zero-order chi connectivity index (χ0) is 23.8. The van der Waals surface area contributed by atoms with E-state index in [1.54, 1.807) is 18.2 Å². The first-order valence-corrected chi connectivity index (χ1v) is 12.0. The van der Waals surface area contributed by atoms with Gasteiger partial charge in [-0.3, -0.25) is 9.89 Å². The van der Waals surface area contributed by atoms with E-state index in [1.165, 1.54) is 6.92 Å². The van der Waals surface area contributed by atoms with Crippen molar-refractivity contribution < 1.29 is 28.6 Å². The van der Waals surface area contributed by atoms with E-state index >= 15 is 0 Å². The number of cyclic esters (lactones) is 2. The van der Waals surface area contributed by atoms with Gasteiger partial charge in [0.2, 0.25) is 0 Å². The predicted molar refractivity (Wildman–Crippen MR) is 122 cm³/mol. The van der Waals surface area contributed by atoms with E-state index < -0.39 is 23.6 Å². The standard InChI is InChI=1S/C22H26ClN3O6S/c1-3-4-11-30-12-14-9-10-22(2,32-20(29)19(28)31-14)17(27)13-33-21-24-18(25-26-21)15-7-5-6-8-16(15)23/h5-8,14H,3-4,9-13H2,1-2H3,(H,24,25,26)/t14?,22-/m0/s1. The molecular weight excluding hydrogens is 470 g/mol. The number of H-pyrrole nitrogens is 1. The highest BCUT2D eigenvalue weighted by atomic mass is 35.5. The number of benzene rings is 1. The van der Waals surface area contributed by atoms with Crippen LogP contribution in [0, 0.1) is 0 Å². The number of ether oxygens (including phenoxy) is 3. The number of hydrogen-bond donors (Lipinski definition) is 1. The van der Waals surface area contributed by atoms with Crippen LogP contribution in [0.4, 0.5) is 0 Å². The Hall–Kier alpha value is -2.43. The molecule has 9 nitrogen and oxygen atoms in total. The first-order valence-electron chi connectivity index (χ1n) is 10.7. The highest BCUT2D eigenvalue weighted by Gasteiger charge is 2.42. The fraction of sp³-hybridized carbons (Fsp3) is 0.500. The van der Waals surface area contributed by atoms with Crippen LogP contribution in [-0.2, 0) is 28.6 Å². The van der Waals surface area contributed by atoms with Crippen molar-refractivity contribution >= 4 is 41.1 Å². The number of unbranched alkanes of at least 4 members (excludes halogenated alkanes) is 1. The molecule has 2 heterocycles. The summed E-state index contributed by atoms with van der Waals surface area (Å²) in [5.74, 6) is -2.28. The molecule has 0 aliphatic carbocycles. The zero-order valence-electron chi connectivity index (χ0n) is 18.5. The molecule has 0 radical (unpaired) electrons. The van der Waals surface area contributed by atoms with Crippen molar-refractivity contribution in [2.75, 3.05) is 19.0 Å². The second-order valence-corrected chi connectivity index (χ2v) is 9.14. The number of carbonyl (C=O) groups excluding carboxylic acids is 3. The van der Waals surface area contributed by atoms with Crippen LogP contribution in [0.2, 0.25) is 5.02 Å². The number of thioether (sulfide) groups is 1. The number of hydrogen-bond acceptors (Lipinski definition) is 9. The molecule has 0 amide bonds. The van der Waals surface area contributed by atoms with Crippen LogP contribution in [0.3, 0.4) is 0 Å². The van der Waals surface area contributed by atoms with E-state index in [0.717, 1.165) is 24.6 Å². The Kier molecular flexibility index (Phi) is 8.87. The second kappa shape index (κ2) is 11.6. The highest BCUT2D eigenvalue weighted by Crippen LogP contribution is 2.29. The van der Waals surface area contributed by atoms with E-state index in [-0.39, 0.29) is 24.6 Å². The number of aromatic nitrogens is 3. The largest absolute Gasteiger partial charge is 0.452 e. The van der Waals surface area contributed by atoms with E-state index in [0.29, 0.717) is 34.6 Å². The molecule has 1 fully saturated rings. The lowest BCUT2D eigenvalue weighted by atomic mass is 9.93. The fourth-order valence-electron chi connectivity index (χ4n) is 3.13. The van der Waals surface area contributed by atoms with E-state index in [4.69, 9.17) is 25.8 Å². The van der Waals surface area contributed by atoms with Crippen molar-refractivity contribution in [2.45, 2.75) is 56.4 Å². The molecule has 1 aliphatic heterocycles. The maximum absolute atomic E-state index is 13.0. The number of esters is 2. The molecular formula is C22H26ClN3O6S. The maximum atomic E-state index is 13.0. The predicted octanol–water partition coefficient (Wildman–Crippen LogP) is 3.61. The van der Waals surface area contributed by atoms with Gasteiger partial charge in [-0.05, 0) is 38.3 Å². The summed E-state index contributed by atoms with van der Waals surface area (Å²) in [6.07, 6.45) is 1.78.